The Morgan fingerprint density at radius 2 is 1.65 bits per heavy atom. The number of likely N-dealkylation sites (tertiary alicyclic amines) is 1. The first kappa shape index (κ1) is 18.7. The van der Waals surface area contributed by atoms with Crippen molar-refractivity contribution in [2.45, 2.75) is 45.1 Å². The fourth-order valence-electron chi connectivity index (χ4n) is 3.94. The predicted octanol–water partition coefficient (Wildman–Crippen LogP) is 5.38. The van der Waals surface area contributed by atoms with Crippen LogP contribution in [-0.2, 0) is 4.79 Å². The zero-order valence-electron chi connectivity index (χ0n) is 15.6. The van der Waals surface area contributed by atoms with Gasteiger partial charge in [0.25, 0.3) is 0 Å². The van der Waals surface area contributed by atoms with Crippen LogP contribution in [0.2, 0.25) is 0 Å². The molecular formula is C23H29NO2. The summed E-state index contributed by atoms with van der Waals surface area (Å²) in [6.07, 6.45) is 5.05. The number of hydrogen-bond donors (Lipinski definition) is 1. The standard InChI is InChI=1S/C23H29NO2/c1-2-3-9-22(24-16-14-21(15-17-24)23(25)26)20-12-10-19(11-13-20)18-7-5-4-6-8-18/h4-8,10-13,21-22H,2-3,9,14-17H2,1H3,(H,25,26). The molecule has 1 aliphatic heterocycles. The quantitative estimate of drug-likeness (QED) is 0.728. The summed E-state index contributed by atoms with van der Waals surface area (Å²) in [6.45, 7) is 3.99. The number of unbranched alkanes of at least 4 members (excludes halogenated alkanes) is 1. The Hall–Kier alpha value is -2.13. The van der Waals surface area contributed by atoms with E-state index in [2.05, 4.69) is 60.4 Å². The molecule has 2 aromatic carbocycles. The van der Waals surface area contributed by atoms with Crippen molar-refractivity contribution in [3.05, 3.63) is 60.2 Å². The van der Waals surface area contributed by atoms with Crippen molar-refractivity contribution in [2.24, 2.45) is 5.92 Å². The van der Waals surface area contributed by atoms with Crippen molar-refractivity contribution in [1.82, 2.24) is 4.90 Å². The highest BCUT2D eigenvalue weighted by Gasteiger charge is 2.28. The van der Waals surface area contributed by atoms with Crippen molar-refractivity contribution < 1.29 is 9.90 Å². The van der Waals surface area contributed by atoms with E-state index in [1.165, 1.54) is 29.5 Å². The van der Waals surface area contributed by atoms with Gasteiger partial charge in [0.2, 0.25) is 0 Å². The summed E-state index contributed by atoms with van der Waals surface area (Å²) in [7, 11) is 0. The molecule has 138 valence electrons. The van der Waals surface area contributed by atoms with Crippen molar-refractivity contribution in [2.75, 3.05) is 13.1 Å². The van der Waals surface area contributed by atoms with Crippen LogP contribution in [-0.4, -0.2) is 29.1 Å². The first-order chi connectivity index (χ1) is 12.7. The average Bonchev–Trinajstić information content (AvgIpc) is 2.70. The summed E-state index contributed by atoms with van der Waals surface area (Å²) in [5.41, 5.74) is 3.84. The molecule has 1 atom stereocenters. The summed E-state index contributed by atoms with van der Waals surface area (Å²) in [6, 6.07) is 19.8. The molecule has 0 bridgehead atoms. The van der Waals surface area contributed by atoms with Gasteiger partial charge in [0, 0.05) is 6.04 Å². The van der Waals surface area contributed by atoms with Crippen molar-refractivity contribution >= 4 is 5.97 Å². The Morgan fingerprint density at radius 3 is 2.23 bits per heavy atom. The van der Waals surface area contributed by atoms with Gasteiger partial charge in [-0.3, -0.25) is 9.69 Å². The van der Waals surface area contributed by atoms with Gasteiger partial charge in [-0.25, -0.2) is 0 Å². The van der Waals surface area contributed by atoms with Crippen LogP contribution in [0.25, 0.3) is 11.1 Å². The van der Waals surface area contributed by atoms with Gasteiger partial charge < -0.3 is 5.11 Å². The smallest absolute Gasteiger partial charge is 0.306 e. The normalized spacial score (nSPS) is 17.1. The van der Waals surface area contributed by atoms with Crippen LogP contribution in [0.5, 0.6) is 0 Å². The maximum absolute atomic E-state index is 11.2. The third kappa shape index (κ3) is 4.53. The molecular weight excluding hydrogens is 322 g/mol. The first-order valence-corrected chi connectivity index (χ1v) is 9.81. The monoisotopic (exact) mass is 351 g/mol. The van der Waals surface area contributed by atoms with E-state index in [4.69, 9.17) is 0 Å². The Labute approximate surface area is 156 Å². The van der Waals surface area contributed by atoms with Crippen molar-refractivity contribution in [3.63, 3.8) is 0 Å². The Morgan fingerprint density at radius 1 is 1.04 bits per heavy atom. The average molecular weight is 351 g/mol. The minimum atomic E-state index is -0.637. The minimum Gasteiger partial charge on any atom is -0.481 e. The molecule has 1 N–H and O–H groups in total. The molecule has 0 aromatic heterocycles. The van der Waals surface area contributed by atoms with Crippen molar-refractivity contribution in [1.29, 1.82) is 0 Å². The number of aliphatic carboxylic acids is 1. The number of nitrogens with zero attached hydrogens (tertiary/aromatic N) is 1. The zero-order chi connectivity index (χ0) is 18.4. The van der Waals surface area contributed by atoms with Crippen LogP contribution in [0.15, 0.2) is 54.6 Å². The molecule has 26 heavy (non-hydrogen) atoms. The maximum atomic E-state index is 11.2. The van der Waals surface area contributed by atoms with Crippen LogP contribution >= 0.6 is 0 Å². The highest BCUT2D eigenvalue weighted by atomic mass is 16.4. The number of carboxylic acid groups (broad SMARTS) is 1. The van der Waals surface area contributed by atoms with Gasteiger partial charge in [0.05, 0.1) is 5.92 Å². The molecule has 0 aliphatic carbocycles. The molecule has 1 heterocycles. The molecule has 3 rings (SSSR count). The van der Waals surface area contributed by atoms with Gasteiger partial charge in [-0.05, 0) is 49.0 Å². The number of piperidine rings is 1. The Bertz CT molecular complexity index is 688. The van der Waals surface area contributed by atoms with Gasteiger partial charge in [-0.2, -0.15) is 0 Å². The summed E-state index contributed by atoms with van der Waals surface area (Å²) in [5, 5.41) is 9.24. The highest BCUT2D eigenvalue weighted by molar-refractivity contribution is 5.70. The van der Waals surface area contributed by atoms with E-state index in [1.54, 1.807) is 0 Å². The minimum absolute atomic E-state index is 0.168. The second kappa shape index (κ2) is 9.00. The highest BCUT2D eigenvalue weighted by Crippen LogP contribution is 2.32. The lowest BCUT2D eigenvalue weighted by molar-refractivity contribution is -0.143. The summed E-state index contributed by atoms with van der Waals surface area (Å²) < 4.78 is 0. The fourth-order valence-corrected chi connectivity index (χ4v) is 3.94. The van der Waals surface area contributed by atoms with E-state index >= 15 is 0 Å². The summed E-state index contributed by atoms with van der Waals surface area (Å²) in [4.78, 5) is 13.7. The number of carboxylic acids is 1. The van der Waals surface area contributed by atoms with Gasteiger partial charge in [-0.15, -0.1) is 0 Å². The maximum Gasteiger partial charge on any atom is 0.306 e. The van der Waals surface area contributed by atoms with E-state index in [-0.39, 0.29) is 5.92 Å². The third-order valence-corrected chi connectivity index (χ3v) is 5.55. The lowest BCUT2D eigenvalue weighted by Gasteiger charge is -2.37. The number of rotatable bonds is 7. The van der Waals surface area contributed by atoms with Gasteiger partial charge in [0.1, 0.15) is 0 Å². The number of benzene rings is 2. The topological polar surface area (TPSA) is 40.5 Å². The molecule has 0 spiro atoms. The molecule has 1 aliphatic rings. The van der Waals surface area contributed by atoms with Gasteiger partial charge in [-0.1, -0.05) is 74.4 Å². The Balaban J connectivity index is 1.74. The first-order valence-electron chi connectivity index (χ1n) is 9.81. The Kier molecular flexibility index (Phi) is 6.45. The number of carbonyl (C=O) groups is 1. The number of hydrogen-bond acceptors (Lipinski definition) is 2. The van der Waals surface area contributed by atoms with E-state index in [9.17, 15) is 9.90 Å². The fraction of sp³-hybridized carbons (Fsp3) is 0.435. The van der Waals surface area contributed by atoms with E-state index in [0.29, 0.717) is 6.04 Å². The lowest BCUT2D eigenvalue weighted by atomic mass is 9.91. The predicted molar refractivity (Wildman–Crippen MR) is 106 cm³/mol. The van der Waals surface area contributed by atoms with Crippen LogP contribution in [0, 0.1) is 5.92 Å². The second-order valence-electron chi connectivity index (χ2n) is 7.29. The lowest BCUT2D eigenvalue weighted by Crippen LogP contribution is -2.38. The molecule has 2 aromatic rings. The van der Waals surface area contributed by atoms with Gasteiger partial charge >= 0.3 is 5.97 Å². The molecule has 0 saturated carbocycles. The molecule has 3 heteroatoms. The SMILES string of the molecule is CCCCC(c1ccc(-c2ccccc2)cc1)N1CCC(C(=O)O)CC1. The second-order valence-corrected chi connectivity index (χ2v) is 7.29. The summed E-state index contributed by atoms with van der Waals surface area (Å²) >= 11 is 0. The van der Waals surface area contributed by atoms with Gasteiger partial charge in [0.15, 0.2) is 0 Å². The molecule has 1 fully saturated rings. The van der Waals surface area contributed by atoms with E-state index < -0.39 is 5.97 Å². The molecule has 0 amide bonds. The van der Waals surface area contributed by atoms with E-state index in [1.807, 2.05) is 6.07 Å². The van der Waals surface area contributed by atoms with Crippen LogP contribution in [0.4, 0.5) is 0 Å². The van der Waals surface area contributed by atoms with E-state index in [0.717, 1.165) is 32.4 Å². The molecule has 0 radical (unpaired) electrons. The molecule has 3 nitrogen and oxygen atoms in total. The van der Waals surface area contributed by atoms with Crippen molar-refractivity contribution in [3.8, 4) is 11.1 Å². The third-order valence-electron chi connectivity index (χ3n) is 5.55. The molecule has 1 saturated heterocycles. The van der Waals surface area contributed by atoms with Crippen LogP contribution in [0.1, 0.15) is 50.6 Å². The largest absolute Gasteiger partial charge is 0.481 e. The van der Waals surface area contributed by atoms with Crippen LogP contribution in [0.3, 0.4) is 0 Å². The zero-order valence-corrected chi connectivity index (χ0v) is 15.6. The summed E-state index contributed by atoms with van der Waals surface area (Å²) in [5.74, 6) is -0.805. The van der Waals surface area contributed by atoms with Crippen LogP contribution < -0.4 is 0 Å². The molecule has 1 unspecified atom stereocenters.